The van der Waals surface area contributed by atoms with Crippen molar-refractivity contribution >= 4 is 11.5 Å². The fraction of sp³-hybridized carbons (Fsp3) is 0.0870. The Hall–Kier alpha value is -4.31. The topological polar surface area (TPSA) is 127 Å². The maximum absolute atomic E-state index is 12.9. The van der Waals surface area contributed by atoms with Crippen LogP contribution >= 0.6 is 0 Å². The van der Waals surface area contributed by atoms with E-state index in [0.717, 1.165) is 16.2 Å². The van der Waals surface area contributed by atoms with Crippen molar-refractivity contribution < 1.29 is 23.8 Å². The summed E-state index contributed by atoms with van der Waals surface area (Å²) in [4.78, 5) is 35.3. The number of hydrogen-bond donors (Lipinski definition) is 3. The van der Waals surface area contributed by atoms with Crippen LogP contribution in [-0.4, -0.2) is 25.2 Å². The molecule has 33 heavy (non-hydrogen) atoms. The largest absolute Gasteiger partial charge is 0.503 e. The molecule has 0 aliphatic rings. The van der Waals surface area contributed by atoms with E-state index in [1.54, 1.807) is 12.1 Å². The van der Waals surface area contributed by atoms with E-state index in [2.05, 4.69) is 0 Å². The highest BCUT2D eigenvalue weighted by Crippen LogP contribution is 2.12. The first kappa shape index (κ1) is 23.4. The van der Waals surface area contributed by atoms with Crippen molar-refractivity contribution in [2.75, 3.05) is 0 Å². The predicted molar refractivity (Wildman–Crippen MR) is 116 cm³/mol. The lowest BCUT2D eigenvalue weighted by Crippen LogP contribution is -2.26. The molecule has 0 spiro atoms. The van der Waals surface area contributed by atoms with Crippen molar-refractivity contribution in [3.05, 3.63) is 116 Å². The molecule has 0 saturated heterocycles. The van der Waals surface area contributed by atoms with Gasteiger partial charge in [0.15, 0.2) is 11.3 Å². The average Bonchev–Trinajstić information content (AvgIpc) is 2.80. The van der Waals surface area contributed by atoms with Gasteiger partial charge in [-0.25, -0.2) is 13.6 Å². The monoisotopic (exact) mass is 455 g/mol. The van der Waals surface area contributed by atoms with Crippen LogP contribution in [0.5, 0.6) is 5.75 Å². The van der Waals surface area contributed by atoms with Crippen molar-refractivity contribution in [1.82, 2.24) is 8.97 Å². The van der Waals surface area contributed by atoms with Crippen molar-refractivity contribution in [2.45, 2.75) is 13.1 Å². The van der Waals surface area contributed by atoms with Crippen molar-refractivity contribution in [3.63, 3.8) is 0 Å². The molecule has 2 heterocycles. The molecule has 2 aromatic heterocycles. The van der Waals surface area contributed by atoms with Gasteiger partial charge in [-0.2, -0.15) is 0 Å². The predicted octanol–water partition coefficient (Wildman–Crippen LogP) is 2.34. The summed E-state index contributed by atoms with van der Waals surface area (Å²) in [5, 5.41) is 18.9. The van der Waals surface area contributed by atoms with E-state index in [1.165, 1.54) is 53.4 Å². The molecule has 0 amide bonds. The number of nitrogens with two attached hydrogens (primary N) is 1. The van der Waals surface area contributed by atoms with Gasteiger partial charge in [-0.05, 0) is 35.4 Å². The summed E-state index contributed by atoms with van der Waals surface area (Å²) in [6.07, 6.45) is 3.71. The van der Waals surface area contributed by atoms with Crippen molar-refractivity contribution in [3.8, 4) is 5.75 Å². The molecule has 0 atom stereocenters. The maximum Gasteiger partial charge on any atom is 0.341 e. The van der Waals surface area contributed by atoms with Gasteiger partial charge in [-0.1, -0.05) is 24.3 Å². The third-order valence-electron chi connectivity index (χ3n) is 4.73. The molecule has 0 aliphatic carbocycles. The zero-order valence-electron chi connectivity index (χ0n) is 17.1. The minimum atomic E-state index is -1.50. The van der Waals surface area contributed by atoms with E-state index in [1.807, 2.05) is 0 Å². The van der Waals surface area contributed by atoms with Gasteiger partial charge in [0.05, 0.1) is 6.54 Å². The van der Waals surface area contributed by atoms with Gasteiger partial charge in [-0.15, -0.1) is 0 Å². The number of aromatic hydroxyl groups is 1. The first-order valence-electron chi connectivity index (χ1n) is 9.61. The van der Waals surface area contributed by atoms with Gasteiger partial charge in [0.25, 0.3) is 5.56 Å². The number of carbonyl (C=O) groups is 1. The number of carboxylic acid groups (broad SMARTS) is 1. The third kappa shape index (κ3) is 5.31. The summed E-state index contributed by atoms with van der Waals surface area (Å²) < 4.78 is 27.4. The fourth-order valence-corrected chi connectivity index (χ4v) is 2.99. The zero-order valence-corrected chi connectivity index (χ0v) is 17.1. The quantitative estimate of drug-likeness (QED) is 0.434. The average molecular weight is 455 g/mol. The van der Waals surface area contributed by atoms with E-state index in [0.29, 0.717) is 12.1 Å². The number of benzene rings is 2. The van der Waals surface area contributed by atoms with Gasteiger partial charge in [-0.3, -0.25) is 9.59 Å². The molecule has 4 N–H and O–H groups in total. The van der Waals surface area contributed by atoms with Gasteiger partial charge in [0.1, 0.15) is 17.2 Å². The summed E-state index contributed by atoms with van der Waals surface area (Å²) in [6, 6.07) is 11.7. The maximum atomic E-state index is 12.9. The minimum absolute atomic E-state index is 0.101. The summed E-state index contributed by atoms with van der Waals surface area (Å²) in [7, 11) is 0. The van der Waals surface area contributed by atoms with Crippen LogP contribution < -0.4 is 16.7 Å². The number of nitrogens with zero attached hydrogens (tertiary/aromatic N) is 2. The summed E-state index contributed by atoms with van der Waals surface area (Å²) in [5.74, 6) is -3.05. The zero-order chi connectivity index (χ0) is 24.1. The number of fused-ring (bicyclic) bond motifs is 1. The Kier molecular flexibility index (Phi) is 6.99. The molecule has 0 fully saturated rings. The molecule has 0 unspecified atom stereocenters. The fourth-order valence-electron chi connectivity index (χ4n) is 2.99. The number of aromatic nitrogens is 2. The van der Waals surface area contributed by atoms with Crippen LogP contribution in [0.25, 0.3) is 5.52 Å². The Morgan fingerprint density at radius 1 is 0.909 bits per heavy atom. The standard InChI is InChI=1S/C16H11FN2O5.C7H8FN/c17-10-3-1-9(2-4-10)7-19-6-5-18-8-11(16(23)24)13(20)14(21)12(18)15(19)22;8-7-3-1-6(5-9)2-4-7/h1-6,8,21H,7H2,(H,23,24);1-4H,5,9H2. The number of halogens is 2. The highest BCUT2D eigenvalue weighted by Gasteiger charge is 2.18. The van der Waals surface area contributed by atoms with Crippen molar-refractivity contribution in [2.24, 2.45) is 5.73 Å². The minimum Gasteiger partial charge on any atom is -0.503 e. The van der Waals surface area contributed by atoms with E-state index in [-0.39, 0.29) is 17.9 Å². The van der Waals surface area contributed by atoms with Crippen molar-refractivity contribution in [1.29, 1.82) is 0 Å². The van der Waals surface area contributed by atoms with Crippen LogP contribution in [0.15, 0.2) is 76.7 Å². The van der Waals surface area contributed by atoms with E-state index in [9.17, 15) is 28.3 Å². The summed E-state index contributed by atoms with van der Waals surface area (Å²) in [5.41, 5.74) is 4.12. The molecule has 4 aromatic rings. The van der Waals surface area contributed by atoms with E-state index < -0.39 is 34.1 Å². The second-order valence-electron chi connectivity index (χ2n) is 6.97. The SMILES string of the molecule is NCc1ccc(F)cc1.O=C(O)c1cn2ccn(Cc3ccc(F)cc3)c(=O)c2c(O)c1=O. The van der Waals surface area contributed by atoms with E-state index >= 15 is 0 Å². The van der Waals surface area contributed by atoms with Gasteiger partial charge < -0.3 is 24.9 Å². The van der Waals surface area contributed by atoms with Gasteiger partial charge >= 0.3 is 5.97 Å². The van der Waals surface area contributed by atoms with Crippen LogP contribution in [0.3, 0.4) is 0 Å². The Morgan fingerprint density at radius 3 is 1.97 bits per heavy atom. The number of pyridine rings is 1. The third-order valence-corrected chi connectivity index (χ3v) is 4.73. The number of aromatic carboxylic acids is 1. The molecule has 170 valence electrons. The van der Waals surface area contributed by atoms with Crippen LogP contribution in [0.1, 0.15) is 21.5 Å². The van der Waals surface area contributed by atoms with Gasteiger partial charge in [0, 0.05) is 25.1 Å². The normalized spacial score (nSPS) is 10.5. The first-order chi connectivity index (χ1) is 15.7. The molecule has 0 bridgehead atoms. The Morgan fingerprint density at radius 2 is 1.45 bits per heavy atom. The van der Waals surface area contributed by atoms with Crippen LogP contribution in [0.2, 0.25) is 0 Å². The summed E-state index contributed by atoms with van der Waals surface area (Å²) in [6.45, 7) is 0.574. The highest BCUT2D eigenvalue weighted by atomic mass is 19.1. The molecule has 4 rings (SSSR count). The second-order valence-corrected chi connectivity index (χ2v) is 6.97. The molecule has 0 aliphatic heterocycles. The Labute approximate surface area is 185 Å². The van der Waals surface area contributed by atoms with E-state index in [4.69, 9.17) is 10.8 Å². The molecular formula is C23H19F2N3O5. The van der Waals surface area contributed by atoms with Crippen LogP contribution in [0, 0.1) is 11.6 Å². The van der Waals surface area contributed by atoms with Crippen LogP contribution in [0.4, 0.5) is 8.78 Å². The smallest absolute Gasteiger partial charge is 0.341 e. The Balaban J connectivity index is 0.000000286. The molecule has 8 nitrogen and oxygen atoms in total. The lowest BCUT2D eigenvalue weighted by molar-refractivity contribution is 0.0694. The number of carboxylic acids is 1. The first-order valence-corrected chi connectivity index (χ1v) is 9.61. The lowest BCUT2D eigenvalue weighted by Gasteiger charge is -2.10. The lowest BCUT2D eigenvalue weighted by atomic mass is 10.2. The molecular weight excluding hydrogens is 436 g/mol. The Bertz CT molecular complexity index is 1410. The molecule has 0 radical (unpaired) electrons. The molecule has 2 aromatic carbocycles. The number of hydrogen-bond acceptors (Lipinski definition) is 5. The van der Waals surface area contributed by atoms with Crippen LogP contribution in [-0.2, 0) is 13.1 Å². The number of rotatable bonds is 4. The highest BCUT2D eigenvalue weighted by molar-refractivity contribution is 5.88. The second kappa shape index (κ2) is 9.88. The summed E-state index contributed by atoms with van der Waals surface area (Å²) >= 11 is 0. The van der Waals surface area contributed by atoms with Gasteiger partial charge in [0.2, 0.25) is 5.43 Å². The molecule has 0 saturated carbocycles. The molecule has 10 heteroatoms.